The molecular weight excluding hydrogens is 356 g/mol. The molecule has 0 N–H and O–H groups in total. The Morgan fingerprint density at radius 3 is 2.34 bits per heavy atom. The van der Waals surface area contributed by atoms with E-state index in [4.69, 9.17) is 0 Å². The van der Waals surface area contributed by atoms with Crippen LogP contribution in [0.15, 0.2) is 66.9 Å². The molecule has 2 aromatic carbocycles. The van der Waals surface area contributed by atoms with Crippen molar-refractivity contribution in [2.24, 2.45) is 5.92 Å². The Balaban J connectivity index is 1.55. The van der Waals surface area contributed by atoms with E-state index >= 15 is 0 Å². The molecule has 1 aliphatic rings. The van der Waals surface area contributed by atoms with Gasteiger partial charge in [0.25, 0.3) is 0 Å². The lowest BCUT2D eigenvalue weighted by atomic mass is 9.89. The highest BCUT2D eigenvalue weighted by Crippen LogP contribution is 2.27. The number of aromatic nitrogens is 2. The summed E-state index contributed by atoms with van der Waals surface area (Å²) >= 11 is 0. The van der Waals surface area contributed by atoms with E-state index in [9.17, 15) is 5.26 Å². The molecule has 0 bridgehead atoms. The molecule has 3 aromatic rings. The predicted molar refractivity (Wildman–Crippen MR) is 116 cm³/mol. The van der Waals surface area contributed by atoms with Crippen molar-refractivity contribution in [1.29, 1.82) is 5.26 Å². The molecule has 4 heteroatoms. The molecule has 4 nitrogen and oxygen atoms in total. The summed E-state index contributed by atoms with van der Waals surface area (Å²) in [7, 11) is 0. The maximum atomic E-state index is 9.23. The van der Waals surface area contributed by atoms with E-state index in [0.717, 1.165) is 13.1 Å². The second kappa shape index (κ2) is 9.34. The molecule has 1 saturated carbocycles. The summed E-state index contributed by atoms with van der Waals surface area (Å²) in [5.74, 6) is 1.32. The molecular formula is C25H26N4. The molecule has 1 heterocycles. The summed E-state index contributed by atoms with van der Waals surface area (Å²) in [5.41, 5.74) is 4.09. The molecule has 146 valence electrons. The highest BCUT2D eigenvalue weighted by molar-refractivity contribution is 5.63. The number of hydrogen-bond donors (Lipinski definition) is 0. The van der Waals surface area contributed by atoms with E-state index in [1.165, 1.54) is 48.8 Å². The Labute approximate surface area is 172 Å². The lowest BCUT2D eigenvalue weighted by Gasteiger charge is -2.30. The zero-order valence-corrected chi connectivity index (χ0v) is 16.7. The van der Waals surface area contributed by atoms with E-state index in [1.807, 2.05) is 6.07 Å². The molecule has 0 spiro atoms. The minimum Gasteiger partial charge on any atom is -0.336 e. The fourth-order valence-corrected chi connectivity index (χ4v) is 4.11. The second-order valence-electron chi connectivity index (χ2n) is 7.80. The van der Waals surface area contributed by atoms with Crippen LogP contribution in [0.3, 0.4) is 0 Å². The third kappa shape index (κ3) is 5.00. The normalized spacial score (nSPS) is 14.3. The Kier molecular flexibility index (Phi) is 6.16. The summed E-state index contributed by atoms with van der Waals surface area (Å²) in [4.78, 5) is 11.2. The number of rotatable bonds is 6. The van der Waals surface area contributed by atoms with Gasteiger partial charge in [0.2, 0.25) is 5.95 Å². The summed E-state index contributed by atoms with van der Waals surface area (Å²) in [6.07, 6.45) is 8.18. The van der Waals surface area contributed by atoms with Crippen molar-refractivity contribution >= 4 is 5.95 Å². The zero-order chi connectivity index (χ0) is 19.9. The van der Waals surface area contributed by atoms with Crippen LogP contribution >= 0.6 is 0 Å². The first kappa shape index (κ1) is 19.1. The SMILES string of the molecule is N#Cc1ccnc(N(Cc2ccc(-c3ccccc3)cc2)CC2CCCCC2)n1. The number of hydrogen-bond acceptors (Lipinski definition) is 4. The Morgan fingerprint density at radius 1 is 0.897 bits per heavy atom. The summed E-state index contributed by atoms with van der Waals surface area (Å²) < 4.78 is 0. The van der Waals surface area contributed by atoms with E-state index < -0.39 is 0 Å². The second-order valence-corrected chi connectivity index (χ2v) is 7.80. The van der Waals surface area contributed by atoms with Gasteiger partial charge in [0.15, 0.2) is 0 Å². The first-order valence-electron chi connectivity index (χ1n) is 10.4. The molecule has 0 amide bonds. The number of nitrogens with zero attached hydrogens (tertiary/aromatic N) is 4. The van der Waals surface area contributed by atoms with Crippen molar-refractivity contribution in [2.45, 2.75) is 38.6 Å². The molecule has 4 rings (SSSR count). The Bertz CT molecular complexity index is 954. The van der Waals surface area contributed by atoms with Crippen molar-refractivity contribution in [3.05, 3.63) is 78.1 Å². The average molecular weight is 383 g/mol. The van der Waals surface area contributed by atoms with Gasteiger partial charge in [-0.15, -0.1) is 0 Å². The van der Waals surface area contributed by atoms with Crippen LogP contribution in [0, 0.1) is 17.2 Å². The van der Waals surface area contributed by atoms with E-state index in [-0.39, 0.29) is 0 Å². The third-order valence-corrected chi connectivity index (χ3v) is 5.68. The van der Waals surface area contributed by atoms with Crippen molar-refractivity contribution in [3.8, 4) is 17.2 Å². The van der Waals surface area contributed by atoms with Gasteiger partial charge in [0, 0.05) is 19.3 Å². The summed E-state index contributed by atoms with van der Waals surface area (Å²) in [6.45, 7) is 1.69. The standard InChI is InChI=1S/C25H26N4/c26-17-24-15-16-27-25(28-24)29(18-20-7-3-1-4-8-20)19-21-11-13-23(14-12-21)22-9-5-2-6-10-22/h2,5-6,9-16,20H,1,3-4,7-8,18-19H2. The number of nitriles is 1. The predicted octanol–water partition coefficient (Wildman–Crippen LogP) is 5.60. The minimum absolute atomic E-state index is 0.420. The Hall–Kier alpha value is -3.19. The quantitative estimate of drug-likeness (QED) is 0.557. The van der Waals surface area contributed by atoms with Crippen LogP contribution in [0.4, 0.5) is 5.95 Å². The fraction of sp³-hybridized carbons (Fsp3) is 0.320. The average Bonchev–Trinajstić information content (AvgIpc) is 2.80. The maximum absolute atomic E-state index is 9.23. The molecule has 0 aliphatic heterocycles. The van der Waals surface area contributed by atoms with Crippen molar-refractivity contribution < 1.29 is 0 Å². The van der Waals surface area contributed by atoms with Crippen LogP contribution in [0.25, 0.3) is 11.1 Å². The third-order valence-electron chi connectivity index (χ3n) is 5.68. The van der Waals surface area contributed by atoms with E-state index in [2.05, 4.69) is 69.5 Å². The molecule has 0 atom stereocenters. The van der Waals surface area contributed by atoms with Crippen molar-refractivity contribution in [3.63, 3.8) is 0 Å². The topological polar surface area (TPSA) is 52.8 Å². The molecule has 1 aromatic heterocycles. The van der Waals surface area contributed by atoms with Crippen LogP contribution in [-0.4, -0.2) is 16.5 Å². The first-order valence-corrected chi connectivity index (χ1v) is 10.4. The fourth-order valence-electron chi connectivity index (χ4n) is 4.11. The molecule has 0 radical (unpaired) electrons. The maximum Gasteiger partial charge on any atom is 0.226 e. The molecule has 0 saturated heterocycles. The lowest BCUT2D eigenvalue weighted by Crippen LogP contribution is -2.31. The van der Waals surface area contributed by atoms with Crippen LogP contribution in [0.5, 0.6) is 0 Å². The van der Waals surface area contributed by atoms with E-state index in [0.29, 0.717) is 17.6 Å². The molecule has 1 fully saturated rings. The first-order chi connectivity index (χ1) is 14.3. The van der Waals surface area contributed by atoms with Gasteiger partial charge in [-0.2, -0.15) is 5.26 Å². The van der Waals surface area contributed by atoms with Crippen molar-refractivity contribution in [2.75, 3.05) is 11.4 Å². The van der Waals surface area contributed by atoms with Gasteiger partial charge in [-0.05, 0) is 41.5 Å². The molecule has 0 unspecified atom stereocenters. The highest BCUT2D eigenvalue weighted by atomic mass is 15.2. The van der Waals surface area contributed by atoms with Gasteiger partial charge in [0.1, 0.15) is 11.8 Å². The lowest BCUT2D eigenvalue weighted by molar-refractivity contribution is 0.356. The smallest absolute Gasteiger partial charge is 0.226 e. The van der Waals surface area contributed by atoms with Gasteiger partial charge >= 0.3 is 0 Å². The molecule has 29 heavy (non-hydrogen) atoms. The minimum atomic E-state index is 0.420. The summed E-state index contributed by atoms with van der Waals surface area (Å²) in [5, 5.41) is 9.23. The van der Waals surface area contributed by atoms with Gasteiger partial charge in [-0.1, -0.05) is 73.9 Å². The van der Waals surface area contributed by atoms with Crippen LogP contribution < -0.4 is 4.90 Å². The van der Waals surface area contributed by atoms with Gasteiger partial charge in [-0.25, -0.2) is 9.97 Å². The van der Waals surface area contributed by atoms with Crippen LogP contribution in [0.1, 0.15) is 43.4 Å². The Morgan fingerprint density at radius 2 is 1.62 bits per heavy atom. The number of anilines is 1. The van der Waals surface area contributed by atoms with Crippen LogP contribution in [0.2, 0.25) is 0 Å². The largest absolute Gasteiger partial charge is 0.336 e. The number of benzene rings is 2. The van der Waals surface area contributed by atoms with Gasteiger partial charge in [0.05, 0.1) is 0 Å². The molecule has 1 aliphatic carbocycles. The van der Waals surface area contributed by atoms with E-state index in [1.54, 1.807) is 12.3 Å². The van der Waals surface area contributed by atoms with Crippen LogP contribution in [-0.2, 0) is 6.54 Å². The summed E-state index contributed by atoms with van der Waals surface area (Å²) in [6, 6.07) is 23.0. The highest BCUT2D eigenvalue weighted by Gasteiger charge is 2.20. The van der Waals surface area contributed by atoms with Gasteiger partial charge < -0.3 is 4.90 Å². The zero-order valence-electron chi connectivity index (χ0n) is 16.7. The van der Waals surface area contributed by atoms with Gasteiger partial charge in [-0.3, -0.25) is 0 Å². The van der Waals surface area contributed by atoms with Crippen molar-refractivity contribution in [1.82, 2.24) is 9.97 Å². The monoisotopic (exact) mass is 382 g/mol.